The molecule has 0 spiro atoms. The number of hydrogen-bond acceptors (Lipinski definition) is 3. The third-order valence-electron chi connectivity index (χ3n) is 1.06. The second-order valence-corrected chi connectivity index (χ2v) is 2.51. The number of rotatable bonds is 4. The van der Waals surface area contributed by atoms with Crippen LogP contribution in [0.5, 0.6) is 0 Å². The first-order valence-corrected chi connectivity index (χ1v) is 3.25. The second kappa shape index (κ2) is 6.39. The predicted molar refractivity (Wildman–Crippen MR) is 46.0 cm³/mol. The average Bonchev–Trinajstić information content (AvgIpc) is 1.82. The fraction of sp³-hybridized carbons (Fsp3) is 0.833. The second-order valence-electron chi connectivity index (χ2n) is 2.51. The molecule has 4 nitrogen and oxygen atoms in total. The summed E-state index contributed by atoms with van der Waals surface area (Å²) in [7, 11) is 0. The quantitative estimate of drug-likeness (QED) is 0.564. The van der Waals surface area contributed by atoms with E-state index in [1.54, 1.807) is 0 Å². The minimum atomic E-state index is -0.965. The first kappa shape index (κ1) is 13.3. The molecule has 4 N–H and O–H groups in total. The molecule has 0 saturated heterocycles. The number of carboxylic acid groups (broad SMARTS) is 1. The molecule has 0 aromatic carbocycles. The summed E-state index contributed by atoms with van der Waals surface area (Å²) < 4.78 is 0. The number of nitrogens with two attached hydrogens (primary N) is 1. The normalized spacial score (nSPS) is 12.4. The Labute approximate surface area is 72.6 Å². The Bertz CT molecular complexity index is 119. The summed E-state index contributed by atoms with van der Waals surface area (Å²) in [5, 5.41) is 11.3. The van der Waals surface area contributed by atoms with E-state index < -0.39 is 12.0 Å². The zero-order chi connectivity index (χ0) is 8.15. The van der Waals surface area contributed by atoms with Crippen molar-refractivity contribution in [3.05, 3.63) is 0 Å². The van der Waals surface area contributed by atoms with Gasteiger partial charge in [-0.1, -0.05) is 13.8 Å². The number of hydrogen-bond donors (Lipinski definition) is 3. The van der Waals surface area contributed by atoms with Crippen molar-refractivity contribution < 1.29 is 9.90 Å². The molecule has 1 unspecified atom stereocenters. The van der Waals surface area contributed by atoms with Crippen LogP contribution in [0.3, 0.4) is 0 Å². The maximum absolute atomic E-state index is 10.1. The van der Waals surface area contributed by atoms with Gasteiger partial charge in [-0.15, -0.1) is 12.4 Å². The third kappa shape index (κ3) is 7.58. The van der Waals surface area contributed by atoms with Crippen LogP contribution >= 0.6 is 12.4 Å². The molecule has 0 rings (SSSR count). The van der Waals surface area contributed by atoms with Crippen molar-refractivity contribution in [1.29, 1.82) is 0 Å². The van der Waals surface area contributed by atoms with Crippen molar-refractivity contribution in [2.45, 2.75) is 25.9 Å². The fourth-order valence-electron chi connectivity index (χ4n) is 0.450. The van der Waals surface area contributed by atoms with E-state index in [4.69, 9.17) is 10.8 Å². The molecule has 0 aliphatic heterocycles. The first-order valence-electron chi connectivity index (χ1n) is 3.25. The molecule has 0 heterocycles. The number of halogens is 1. The molecule has 11 heavy (non-hydrogen) atoms. The lowest BCUT2D eigenvalue weighted by molar-refractivity contribution is -0.138. The van der Waals surface area contributed by atoms with Crippen LogP contribution < -0.4 is 11.1 Å². The molecular formula is C6H15ClN2O2. The molecule has 0 saturated carbocycles. The van der Waals surface area contributed by atoms with Crippen LogP contribution in [0.1, 0.15) is 13.8 Å². The van der Waals surface area contributed by atoms with Crippen LogP contribution in [-0.2, 0) is 4.79 Å². The van der Waals surface area contributed by atoms with Gasteiger partial charge in [0.15, 0.2) is 0 Å². The Balaban J connectivity index is 0. The van der Waals surface area contributed by atoms with Gasteiger partial charge in [-0.2, -0.15) is 0 Å². The standard InChI is InChI=1S/C6H14N2O2.ClH/c1-4(2)8-3-5(7)6(9)10;/h4-5,8H,3,7H2,1-2H3,(H,9,10);1H. The predicted octanol–water partition coefficient (Wildman–Crippen LogP) is -0.182. The third-order valence-corrected chi connectivity index (χ3v) is 1.06. The SMILES string of the molecule is CC(C)NCC(N)C(=O)O.Cl. The van der Waals surface area contributed by atoms with Crippen molar-refractivity contribution in [2.24, 2.45) is 5.73 Å². The topological polar surface area (TPSA) is 75.3 Å². The van der Waals surface area contributed by atoms with Gasteiger partial charge in [0.2, 0.25) is 0 Å². The minimum Gasteiger partial charge on any atom is -0.480 e. The molecular weight excluding hydrogens is 168 g/mol. The maximum Gasteiger partial charge on any atom is 0.321 e. The monoisotopic (exact) mass is 182 g/mol. The van der Waals surface area contributed by atoms with Crippen molar-refractivity contribution in [3.8, 4) is 0 Å². The van der Waals surface area contributed by atoms with Gasteiger partial charge in [-0.05, 0) is 0 Å². The molecule has 0 aliphatic carbocycles. The maximum atomic E-state index is 10.1. The van der Waals surface area contributed by atoms with Crippen LogP contribution in [0, 0.1) is 0 Å². The molecule has 0 bridgehead atoms. The van der Waals surface area contributed by atoms with E-state index in [9.17, 15) is 4.79 Å². The number of carboxylic acids is 1. The van der Waals surface area contributed by atoms with Crippen LogP contribution in [0.25, 0.3) is 0 Å². The lowest BCUT2D eigenvalue weighted by Crippen LogP contribution is -2.42. The van der Waals surface area contributed by atoms with E-state index >= 15 is 0 Å². The van der Waals surface area contributed by atoms with Gasteiger partial charge in [0.05, 0.1) is 0 Å². The lowest BCUT2D eigenvalue weighted by atomic mass is 10.3. The van der Waals surface area contributed by atoms with Crippen LogP contribution in [0.4, 0.5) is 0 Å². The fourth-order valence-corrected chi connectivity index (χ4v) is 0.450. The smallest absolute Gasteiger partial charge is 0.321 e. The highest BCUT2D eigenvalue weighted by Crippen LogP contribution is 1.79. The van der Waals surface area contributed by atoms with E-state index in [1.807, 2.05) is 13.8 Å². The van der Waals surface area contributed by atoms with E-state index in [1.165, 1.54) is 0 Å². The van der Waals surface area contributed by atoms with Gasteiger partial charge in [0.25, 0.3) is 0 Å². The van der Waals surface area contributed by atoms with Gasteiger partial charge in [-0.3, -0.25) is 4.79 Å². The highest BCUT2D eigenvalue weighted by molar-refractivity contribution is 5.85. The van der Waals surface area contributed by atoms with Crippen LogP contribution in [0.15, 0.2) is 0 Å². The number of aliphatic carboxylic acids is 1. The Kier molecular flexibility index (Phi) is 7.72. The summed E-state index contributed by atoms with van der Waals surface area (Å²) in [6, 6.07) is -0.507. The van der Waals surface area contributed by atoms with E-state index in [0.29, 0.717) is 6.54 Å². The van der Waals surface area contributed by atoms with Crippen LogP contribution in [-0.4, -0.2) is 29.7 Å². The zero-order valence-electron chi connectivity index (χ0n) is 6.70. The van der Waals surface area contributed by atoms with Crippen molar-refractivity contribution >= 4 is 18.4 Å². The van der Waals surface area contributed by atoms with Crippen molar-refractivity contribution in [3.63, 3.8) is 0 Å². The highest BCUT2D eigenvalue weighted by Gasteiger charge is 2.10. The summed E-state index contributed by atoms with van der Waals surface area (Å²) in [6.07, 6.45) is 0. The van der Waals surface area contributed by atoms with E-state index in [0.717, 1.165) is 0 Å². The number of carbonyl (C=O) groups is 1. The summed E-state index contributed by atoms with van der Waals surface area (Å²) in [6.45, 7) is 4.20. The molecule has 0 fully saturated rings. The molecule has 1 atom stereocenters. The Morgan fingerprint density at radius 1 is 1.64 bits per heavy atom. The largest absolute Gasteiger partial charge is 0.480 e. The lowest BCUT2D eigenvalue weighted by Gasteiger charge is -2.10. The summed E-state index contributed by atoms with van der Waals surface area (Å²) in [5.74, 6) is -0.965. The molecule has 0 aromatic rings. The van der Waals surface area contributed by atoms with E-state index in [-0.39, 0.29) is 18.4 Å². The molecule has 0 amide bonds. The van der Waals surface area contributed by atoms with Gasteiger partial charge in [-0.25, -0.2) is 0 Å². The average molecular weight is 183 g/mol. The molecule has 68 valence electrons. The molecule has 0 radical (unpaired) electrons. The van der Waals surface area contributed by atoms with Crippen molar-refractivity contribution in [1.82, 2.24) is 5.32 Å². The molecule has 0 aliphatic rings. The summed E-state index contributed by atoms with van der Waals surface area (Å²) in [5.41, 5.74) is 5.20. The highest BCUT2D eigenvalue weighted by atomic mass is 35.5. The van der Waals surface area contributed by atoms with Gasteiger partial charge in [0, 0.05) is 12.6 Å². The Morgan fingerprint density at radius 2 is 2.09 bits per heavy atom. The van der Waals surface area contributed by atoms with Gasteiger partial charge < -0.3 is 16.2 Å². The van der Waals surface area contributed by atoms with Crippen molar-refractivity contribution in [2.75, 3.05) is 6.54 Å². The van der Waals surface area contributed by atoms with Crippen LogP contribution in [0.2, 0.25) is 0 Å². The Morgan fingerprint density at radius 3 is 2.36 bits per heavy atom. The molecule has 0 aromatic heterocycles. The van der Waals surface area contributed by atoms with E-state index in [2.05, 4.69) is 5.32 Å². The molecule has 5 heteroatoms. The minimum absolute atomic E-state index is 0. The summed E-state index contributed by atoms with van der Waals surface area (Å²) >= 11 is 0. The number of nitrogens with one attached hydrogen (secondary N) is 1. The van der Waals surface area contributed by atoms with Gasteiger partial charge >= 0.3 is 5.97 Å². The first-order chi connectivity index (χ1) is 4.54. The zero-order valence-corrected chi connectivity index (χ0v) is 7.52. The Hall–Kier alpha value is -0.320. The van der Waals surface area contributed by atoms with Gasteiger partial charge in [0.1, 0.15) is 6.04 Å². The summed E-state index contributed by atoms with van der Waals surface area (Å²) in [4.78, 5) is 10.1.